The highest BCUT2D eigenvalue weighted by Gasteiger charge is 2.48. The van der Waals surface area contributed by atoms with Gasteiger partial charge in [-0.1, -0.05) is 15.9 Å². The molecule has 7 heteroatoms. The van der Waals surface area contributed by atoms with E-state index in [2.05, 4.69) is 25.6 Å². The summed E-state index contributed by atoms with van der Waals surface area (Å²) in [4.78, 5) is 18.2. The van der Waals surface area contributed by atoms with Crippen LogP contribution in [0.4, 0.5) is 0 Å². The average molecular weight is 425 g/mol. The molecular formula is C17H17BrN2O2S2. The van der Waals surface area contributed by atoms with Gasteiger partial charge in [0.2, 0.25) is 0 Å². The Labute approximate surface area is 156 Å². The van der Waals surface area contributed by atoms with Crippen molar-refractivity contribution >= 4 is 55.9 Å². The van der Waals surface area contributed by atoms with Crippen LogP contribution in [0, 0.1) is 0 Å². The molecule has 0 radical (unpaired) electrons. The number of amides is 1. The quantitative estimate of drug-likeness (QED) is 0.737. The highest BCUT2D eigenvalue weighted by atomic mass is 79.9. The first-order chi connectivity index (χ1) is 11.6. The van der Waals surface area contributed by atoms with Gasteiger partial charge in [0, 0.05) is 33.8 Å². The molecule has 1 N–H and O–H groups in total. The summed E-state index contributed by atoms with van der Waals surface area (Å²) in [5.41, 5.74) is 0.916. The number of fused-ring (bicyclic) bond motifs is 1. The summed E-state index contributed by atoms with van der Waals surface area (Å²) in [7, 11) is 0. The Morgan fingerprint density at radius 2 is 2.17 bits per heavy atom. The SMILES string of the molecule is O=C(N[S+]([O-])C1CC1)C1(Sc2ccnc3ccc(Br)cc23)CCC1. The minimum Gasteiger partial charge on any atom is -0.593 e. The van der Waals surface area contributed by atoms with Gasteiger partial charge in [0.25, 0.3) is 5.91 Å². The maximum Gasteiger partial charge on any atom is 0.277 e. The molecule has 2 aliphatic carbocycles. The van der Waals surface area contributed by atoms with Crippen molar-refractivity contribution in [2.24, 2.45) is 0 Å². The molecular weight excluding hydrogens is 408 g/mol. The van der Waals surface area contributed by atoms with E-state index >= 15 is 0 Å². The molecule has 0 spiro atoms. The monoisotopic (exact) mass is 424 g/mol. The molecule has 2 aliphatic rings. The molecule has 1 aromatic heterocycles. The third kappa shape index (κ3) is 3.19. The number of carbonyl (C=O) groups is 1. The zero-order chi connectivity index (χ0) is 16.7. The van der Waals surface area contributed by atoms with Crippen LogP contribution in [-0.4, -0.2) is 25.4 Å². The highest BCUT2D eigenvalue weighted by molar-refractivity contribution is 9.10. The fraction of sp³-hybridized carbons (Fsp3) is 0.412. The number of carbonyl (C=O) groups excluding carboxylic acids is 1. The van der Waals surface area contributed by atoms with Crippen LogP contribution in [0.5, 0.6) is 0 Å². The molecule has 0 saturated heterocycles. The van der Waals surface area contributed by atoms with E-state index in [0.717, 1.165) is 52.4 Å². The third-order valence-corrected chi connectivity index (χ3v) is 8.08. The number of hydrogen-bond donors (Lipinski definition) is 1. The number of rotatable bonds is 5. The largest absolute Gasteiger partial charge is 0.593 e. The average Bonchev–Trinajstić information content (AvgIpc) is 3.35. The van der Waals surface area contributed by atoms with Crippen molar-refractivity contribution in [3.05, 3.63) is 34.9 Å². The van der Waals surface area contributed by atoms with Crippen molar-refractivity contribution in [1.29, 1.82) is 0 Å². The highest BCUT2D eigenvalue weighted by Crippen LogP contribution is 2.49. The maximum absolute atomic E-state index is 12.7. The number of hydrogen-bond acceptors (Lipinski definition) is 4. The van der Waals surface area contributed by atoms with E-state index in [-0.39, 0.29) is 11.2 Å². The molecule has 1 aromatic carbocycles. The molecule has 24 heavy (non-hydrogen) atoms. The van der Waals surface area contributed by atoms with Crippen LogP contribution in [0.3, 0.4) is 0 Å². The molecule has 2 fully saturated rings. The zero-order valence-corrected chi connectivity index (χ0v) is 16.2. The Morgan fingerprint density at radius 1 is 1.38 bits per heavy atom. The van der Waals surface area contributed by atoms with Gasteiger partial charge in [-0.2, -0.15) is 4.72 Å². The van der Waals surface area contributed by atoms with Gasteiger partial charge in [0.15, 0.2) is 0 Å². The lowest BCUT2D eigenvalue weighted by Crippen LogP contribution is -2.51. The summed E-state index contributed by atoms with van der Waals surface area (Å²) < 4.78 is 15.3. The van der Waals surface area contributed by atoms with Gasteiger partial charge in [-0.05, 0) is 43.5 Å². The van der Waals surface area contributed by atoms with Crippen LogP contribution >= 0.6 is 27.7 Å². The lowest BCUT2D eigenvalue weighted by atomic mass is 9.84. The predicted octanol–water partition coefficient (Wildman–Crippen LogP) is 3.95. The second-order valence-electron chi connectivity index (χ2n) is 6.35. The molecule has 2 aromatic rings. The molecule has 2 saturated carbocycles. The van der Waals surface area contributed by atoms with Crippen molar-refractivity contribution in [1.82, 2.24) is 9.71 Å². The summed E-state index contributed by atoms with van der Waals surface area (Å²) in [5.74, 6) is -0.0797. The molecule has 0 aliphatic heterocycles. The number of pyridine rings is 1. The minimum absolute atomic E-state index is 0.0797. The number of thioether (sulfide) groups is 1. The second-order valence-corrected chi connectivity index (χ2v) is 10.2. The molecule has 0 bridgehead atoms. The van der Waals surface area contributed by atoms with E-state index < -0.39 is 16.1 Å². The van der Waals surface area contributed by atoms with Crippen LogP contribution in [0.1, 0.15) is 32.1 Å². The van der Waals surface area contributed by atoms with Crippen molar-refractivity contribution in [3.8, 4) is 0 Å². The number of benzene rings is 1. The van der Waals surface area contributed by atoms with Gasteiger partial charge >= 0.3 is 0 Å². The second kappa shape index (κ2) is 6.52. The standard InChI is InChI=1S/C17H17BrN2O2S2/c18-11-2-5-14-13(10-11)15(6-9-19-14)23-17(7-1-8-17)16(21)20-24(22)12-3-4-12/h2,5-6,9-10,12H,1,3-4,7-8H2,(H,20,21). The van der Waals surface area contributed by atoms with Crippen molar-refractivity contribution in [3.63, 3.8) is 0 Å². The molecule has 4 nitrogen and oxygen atoms in total. The van der Waals surface area contributed by atoms with E-state index in [4.69, 9.17) is 0 Å². The number of nitrogens with one attached hydrogen (secondary N) is 1. The van der Waals surface area contributed by atoms with Crippen molar-refractivity contribution < 1.29 is 9.35 Å². The topological polar surface area (TPSA) is 65.0 Å². The van der Waals surface area contributed by atoms with Crippen LogP contribution in [0.2, 0.25) is 0 Å². The van der Waals surface area contributed by atoms with Crippen molar-refractivity contribution in [2.75, 3.05) is 0 Å². The first-order valence-corrected chi connectivity index (χ1v) is 10.8. The summed E-state index contributed by atoms with van der Waals surface area (Å²) in [6.07, 6.45) is 6.37. The van der Waals surface area contributed by atoms with Crippen LogP contribution in [0.25, 0.3) is 10.9 Å². The van der Waals surface area contributed by atoms with Crippen LogP contribution in [0.15, 0.2) is 39.8 Å². The zero-order valence-electron chi connectivity index (χ0n) is 13.0. The Kier molecular flexibility index (Phi) is 4.53. The summed E-state index contributed by atoms with van der Waals surface area (Å²) in [6.45, 7) is 0. The van der Waals surface area contributed by atoms with Gasteiger partial charge in [-0.15, -0.1) is 11.8 Å². The lowest BCUT2D eigenvalue weighted by molar-refractivity contribution is -0.123. The summed E-state index contributed by atoms with van der Waals surface area (Å²) >= 11 is 3.87. The fourth-order valence-electron chi connectivity index (χ4n) is 2.82. The number of halogens is 1. The fourth-order valence-corrected chi connectivity index (χ4v) is 5.81. The van der Waals surface area contributed by atoms with Gasteiger partial charge in [-0.25, -0.2) is 0 Å². The Morgan fingerprint density at radius 3 is 2.83 bits per heavy atom. The number of aromatic nitrogens is 1. The molecule has 1 atom stereocenters. The molecule has 1 unspecified atom stereocenters. The number of nitrogens with zero attached hydrogens (tertiary/aromatic N) is 1. The van der Waals surface area contributed by atoms with E-state index in [0.29, 0.717) is 0 Å². The van der Waals surface area contributed by atoms with Crippen LogP contribution < -0.4 is 4.72 Å². The summed E-state index contributed by atoms with van der Waals surface area (Å²) in [6, 6.07) is 7.94. The predicted molar refractivity (Wildman–Crippen MR) is 101 cm³/mol. The lowest BCUT2D eigenvalue weighted by Gasteiger charge is -2.39. The first-order valence-electron chi connectivity index (χ1n) is 8.02. The Bertz CT molecular complexity index is 793. The molecule has 126 valence electrons. The van der Waals surface area contributed by atoms with Gasteiger partial charge in [0.05, 0.1) is 16.9 Å². The van der Waals surface area contributed by atoms with E-state index in [9.17, 15) is 9.35 Å². The smallest absolute Gasteiger partial charge is 0.277 e. The minimum atomic E-state index is -1.23. The van der Waals surface area contributed by atoms with E-state index in [1.165, 1.54) is 0 Å². The van der Waals surface area contributed by atoms with Gasteiger partial charge < -0.3 is 4.55 Å². The third-order valence-electron chi connectivity index (χ3n) is 4.56. The van der Waals surface area contributed by atoms with Crippen molar-refractivity contribution in [2.45, 2.75) is 47.0 Å². The molecule has 1 heterocycles. The Hall–Kier alpha value is -0.760. The van der Waals surface area contributed by atoms with Crippen LogP contribution in [-0.2, 0) is 16.2 Å². The maximum atomic E-state index is 12.7. The molecule has 1 amide bonds. The van der Waals surface area contributed by atoms with Gasteiger partial charge in [0.1, 0.15) is 10.00 Å². The van der Waals surface area contributed by atoms with E-state index in [1.54, 1.807) is 18.0 Å². The van der Waals surface area contributed by atoms with E-state index in [1.807, 2.05) is 24.3 Å². The first kappa shape index (κ1) is 16.7. The normalized spacial score (nSPS) is 20.4. The van der Waals surface area contributed by atoms with Gasteiger partial charge in [-0.3, -0.25) is 9.78 Å². The Balaban J connectivity index is 1.60. The summed E-state index contributed by atoms with van der Waals surface area (Å²) in [5, 5.41) is 1.20. The molecule has 4 rings (SSSR count).